The number of anilines is 1. The van der Waals surface area contributed by atoms with E-state index in [1.807, 2.05) is 0 Å². The van der Waals surface area contributed by atoms with Gasteiger partial charge in [0.2, 0.25) is 5.13 Å². The van der Waals surface area contributed by atoms with Crippen LogP contribution < -0.4 is 34.3 Å². The van der Waals surface area contributed by atoms with Crippen molar-refractivity contribution in [2.24, 2.45) is 0 Å². The number of unbranched alkanes of at least 4 members (excludes halogenated alkanes) is 10. The fourth-order valence-electron chi connectivity index (χ4n) is 2.44. The van der Waals surface area contributed by atoms with E-state index in [2.05, 4.69) is 17.1 Å². The van der Waals surface area contributed by atoms with Gasteiger partial charge in [-0.05, 0) is 6.42 Å². The summed E-state index contributed by atoms with van der Waals surface area (Å²) in [6, 6.07) is 0. The predicted molar refractivity (Wildman–Crippen MR) is 93.4 cm³/mol. The van der Waals surface area contributed by atoms with E-state index >= 15 is 0 Å². The Kier molecular flexibility index (Phi) is 14.6. The zero-order chi connectivity index (χ0) is 17.0. The van der Waals surface area contributed by atoms with Crippen molar-refractivity contribution < 1.29 is 42.5 Å². The quantitative estimate of drug-likeness (QED) is 0.296. The van der Waals surface area contributed by atoms with Crippen LogP contribution in [0.15, 0.2) is 0 Å². The van der Waals surface area contributed by atoms with E-state index in [-0.39, 0.29) is 34.7 Å². The Hall–Kier alpha value is 0.270. The minimum atomic E-state index is -4.50. The molecule has 0 amide bonds. The molecule has 1 aromatic rings. The minimum absolute atomic E-state index is 0. The summed E-state index contributed by atoms with van der Waals surface area (Å²) in [6.07, 6.45) is 14.9. The minimum Gasteiger partial charge on any atom is -0.731 e. The van der Waals surface area contributed by atoms with Crippen LogP contribution in [0.4, 0.5) is 5.13 Å². The third kappa shape index (κ3) is 13.5. The molecule has 0 spiro atoms. The SMILES string of the molecule is CCCCCCCCCCCCCc1nnc(NS(=O)(=O)[O-])s1.[Na+]. The molecule has 0 radical (unpaired) electrons. The van der Waals surface area contributed by atoms with Gasteiger partial charge in [0.25, 0.3) is 0 Å². The zero-order valence-corrected chi connectivity index (χ0v) is 18.6. The monoisotopic (exact) mass is 385 g/mol. The normalized spacial score (nSPS) is 11.2. The van der Waals surface area contributed by atoms with Gasteiger partial charge in [0.05, 0.1) is 0 Å². The first kappa shape index (κ1) is 24.3. The summed E-state index contributed by atoms with van der Waals surface area (Å²) >= 11 is 1.13. The van der Waals surface area contributed by atoms with Crippen LogP contribution >= 0.6 is 11.3 Å². The molecule has 0 saturated heterocycles. The number of nitrogens with one attached hydrogen (secondary N) is 1. The predicted octanol–water partition coefficient (Wildman–Crippen LogP) is 1.27. The molecule has 24 heavy (non-hydrogen) atoms. The Morgan fingerprint density at radius 2 is 1.42 bits per heavy atom. The van der Waals surface area contributed by atoms with Gasteiger partial charge < -0.3 is 4.55 Å². The first-order valence-corrected chi connectivity index (χ1v) is 10.8. The Morgan fingerprint density at radius 3 is 1.92 bits per heavy atom. The summed E-state index contributed by atoms with van der Waals surface area (Å²) in [7, 11) is -4.50. The standard InChI is InChI=1S/C15H29N3O3S2.Na/c1-2-3-4-5-6-7-8-9-10-11-12-13-14-16-17-15(22-14)18-23(19,20)21;/h2-13H2,1H3,(H,17,18)(H,19,20,21);/q;+1/p-1. The Labute approximate surface area is 172 Å². The molecule has 0 aliphatic heterocycles. The summed E-state index contributed by atoms with van der Waals surface area (Å²) < 4.78 is 33.4. The number of aryl methyl sites for hydroxylation is 1. The molecular weight excluding hydrogens is 357 g/mol. The van der Waals surface area contributed by atoms with Gasteiger partial charge in [0.1, 0.15) is 5.01 Å². The fourth-order valence-corrected chi connectivity index (χ4v) is 3.80. The van der Waals surface area contributed by atoms with Crippen LogP contribution in [0, 0.1) is 0 Å². The fraction of sp³-hybridized carbons (Fsp3) is 0.867. The second-order valence-electron chi connectivity index (χ2n) is 5.84. The maximum atomic E-state index is 10.5. The van der Waals surface area contributed by atoms with Crippen molar-refractivity contribution in [1.82, 2.24) is 10.2 Å². The van der Waals surface area contributed by atoms with Crippen molar-refractivity contribution in [3.8, 4) is 0 Å². The van der Waals surface area contributed by atoms with Gasteiger partial charge in [0, 0.05) is 6.42 Å². The average molecular weight is 386 g/mol. The third-order valence-electron chi connectivity index (χ3n) is 3.67. The van der Waals surface area contributed by atoms with Crippen molar-refractivity contribution in [1.29, 1.82) is 0 Å². The largest absolute Gasteiger partial charge is 1.00 e. The Bertz CT molecular complexity index is 524. The van der Waals surface area contributed by atoms with E-state index < -0.39 is 10.3 Å². The number of nitrogens with zero attached hydrogens (tertiary/aromatic N) is 2. The van der Waals surface area contributed by atoms with Gasteiger partial charge >= 0.3 is 29.6 Å². The molecule has 0 aromatic carbocycles. The second kappa shape index (κ2) is 14.4. The summed E-state index contributed by atoms with van der Waals surface area (Å²) in [5.74, 6) is 0. The van der Waals surface area contributed by atoms with E-state index in [1.54, 1.807) is 4.72 Å². The molecule has 6 nitrogen and oxygen atoms in total. The van der Waals surface area contributed by atoms with Crippen molar-refractivity contribution in [3.05, 3.63) is 5.01 Å². The van der Waals surface area contributed by atoms with Crippen LogP contribution in [0.25, 0.3) is 0 Å². The van der Waals surface area contributed by atoms with Crippen molar-refractivity contribution >= 4 is 26.8 Å². The second-order valence-corrected chi connectivity index (χ2v) is 8.02. The van der Waals surface area contributed by atoms with E-state index in [1.165, 1.54) is 57.8 Å². The molecule has 0 aliphatic carbocycles. The van der Waals surface area contributed by atoms with Crippen LogP contribution in [0.3, 0.4) is 0 Å². The van der Waals surface area contributed by atoms with Gasteiger partial charge in [0.15, 0.2) is 10.3 Å². The number of hydrogen-bond acceptors (Lipinski definition) is 6. The van der Waals surface area contributed by atoms with Gasteiger partial charge in [-0.25, -0.2) is 8.42 Å². The maximum Gasteiger partial charge on any atom is 1.00 e. The van der Waals surface area contributed by atoms with Crippen LogP contribution in [0.1, 0.15) is 82.6 Å². The van der Waals surface area contributed by atoms with E-state index in [4.69, 9.17) is 0 Å². The smallest absolute Gasteiger partial charge is 0.731 e. The molecule has 134 valence electrons. The number of aromatic nitrogens is 2. The first-order chi connectivity index (χ1) is 11.0. The maximum absolute atomic E-state index is 10.5. The topological polar surface area (TPSA) is 95.0 Å². The summed E-state index contributed by atoms with van der Waals surface area (Å²) in [5, 5.41) is 8.36. The van der Waals surface area contributed by atoms with Gasteiger partial charge in [-0.15, -0.1) is 10.2 Å². The van der Waals surface area contributed by atoms with Crippen LogP contribution in [0.5, 0.6) is 0 Å². The van der Waals surface area contributed by atoms with Crippen molar-refractivity contribution in [2.75, 3.05) is 4.72 Å². The summed E-state index contributed by atoms with van der Waals surface area (Å²) in [5.41, 5.74) is 0. The van der Waals surface area contributed by atoms with Gasteiger partial charge in [-0.3, -0.25) is 4.72 Å². The molecule has 9 heteroatoms. The summed E-state index contributed by atoms with van der Waals surface area (Å²) in [6.45, 7) is 2.24. The first-order valence-electron chi connectivity index (χ1n) is 8.57. The van der Waals surface area contributed by atoms with E-state index in [9.17, 15) is 13.0 Å². The van der Waals surface area contributed by atoms with Crippen LogP contribution in [0.2, 0.25) is 0 Å². The molecule has 0 aliphatic rings. The molecule has 1 heterocycles. The molecule has 1 aromatic heterocycles. The summed E-state index contributed by atoms with van der Waals surface area (Å²) in [4.78, 5) is 0. The molecule has 0 atom stereocenters. The van der Waals surface area contributed by atoms with Crippen LogP contribution in [-0.2, 0) is 16.7 Å². The Morgan fingerprint density at radius 1 is 0.917 bits per heavy atom. The zero-order valence-electron chi connectivity index (χ0n) is 14.9. The van der Waals surface area contributed by atoms with Crippen molar-refractivity contribution in [3.63, 3.8) is 0 Å². The van der Waals surface area contributed by atoms with Crippen LogP contribution in [-0.4, -0.2) is 23.2 Å². The molecular formula is C15H28N3NaO3S2. The van der Waals surface area contributed by atoms with Crippen molar-refractivity contribution in [2.45, 2.75) is 84.0 Å². The molecule has 0 unspecified atom stereocenters. The van der Waals surface area contributed by atoms with E-state index in [0.717, 1.165) is 35.6 Å². The third-order valence-corrected chi connectivity index (χ3v) is 5.14. The molecule has 0 saturated carbocycles. The molecule has 0 fully saturated rings. The van der Waals surface area contributed by atoms with Gasteiger partial charge in [-0.2, -0.15) is 0 Å². The number of rotatable bonds is 14. The van der Waals surface area contributed by atoms with E-state index in [0.29, 0.717) is 0 Å². The molecule has 0 bridgehead atoms. The molecule has 1 rings (SSSR count). The molecule has 1 N–H and O–H groups in total. The number of hydrogen-bond donors (Lipinski definition) is 1. The average Bonchev–Trinajstić information content (AvgIpc) is 2.90. The Balaban J connectivity index is 0.00000529. The van der Waals surface area contributed by atoms with Gasteiger partial charge in [-0.1, -0.05) is 82.5 Å².